The van der Waals surface area contributed by atoms with Crippen LogP contribution < -0.4 is 15.4 Å². The predicted octanol–water partition coefficient (Wildman–Crippen LogP) is 4.84. The van der Waals surface area contributed by atoms with E-state index in [0.29, 0.717) is 6.61 Å². The predicted molar refractivity (Wildman–Crippen MR) is 101 cm³/mol. The SMILES string of the molecule is CCCCCOc1ccc(NC(=S)NC(=O)c2nc(C)oc2C(F)(F)F)cc1F. The molecule has 0 aliphatic heterocycles. The molecule has 0 saturated heterocycles. The van der Waals surface area contributed by atoms with Crippen molar-refractivity contribution in [2.24, 2.45) is 0 Å². The minimum absolute atomic E-state index is 0.0644. The molecule has 1 aromatic heterocycles. The molecule has 0 aliphatic rings. The van der Waals surface area contributed by atoms with Crippen molar-refractivity contribution in [3.63, 3.8) is 0 Å². The Labute approximate surface area is 169 Å². The summed E-state index contributed by atoms with van der Waals surface area (Å²) in [5, 5.41) is 4.24. The fourth-order valence-corrected chi connectivity index (χ4v) is 2.54. The molecular formula is C18H19F4N3O3S. The summed E-state index contributed by atoms with van der Waals surface area (Å²) in [5.41, 5.74) is -0.762. The number of aromatic nitrogens is 1. The molecule has 1 aromatic carbocycles. The van der Waals surface area contributed by atoms with Gasteiger partial charge < -0.3 is 14.5 Å². The van der Waals surface area contributed by atoms with E-state index in [4.69, 9.17) is 17.0 Å². The van der Waals surface area contributed by atoms with Crippen LogP contribution >= 0.6 is 12.2 Å². The van der Waals surface area contributed by atoms with Crippen molar-refractivity contribution in [2.75, 3.05) is 11.9 Å². The molecule has 2 aromatic rings. The molecule has 1 heterocycles. The third-order valence-corrected chi connectivity index (χ3v) is 3.83. The normalized spacial score (nSPS) is 11.2. The first-order valence-electron chi connectivity index (χ1n) is 8.71. The van der Waals surface area contributed by atoms with Gasteiger partial charge in [-0.2, -0.15) is 13.2 Å². The average Bonchev–Trinajstić information content (AvgIpc) is 3.02. The number of carbonyl (C=O) groups is 1. The zero-order chi connectivity index (χ0) is 21.6. The van der Waals surface area contributed by atoms with Gasteiger partial charge in [0, 0.05) is 18.7 Å². The van der Waals surface area contributed by atoms with Gasteiger partial charge in [-0.05, 0) is 30.8 Å². The van der Waals surface area contributed by atoms with Crippen molar-refractivity contribution >= 4 is 28.9 Å². The van der Waals surface area contributed by atoms with Crippen LogP contribution in [0, 0.1) is 12.7 Å². The standard InChI is InChI=1S/C18H19F4N3O3S/c1-3-4-5-8-27-13-7-6-11(9-12(13)19)24-17(29)25-16(26)14-15(18(20,21)22)28-10(2)23-14/h6-7,9H,3-5,8H2,1-2H3,(H2,24,25,26,29). The summed E-state index contributed by atoms with van der Waals surface area (Å²) in [6.45, 7) is 3.60. The maximum Gasteiger partial charge on any atom is 0.452 e. The minimum Gasteiger partial charge on any atom is -0.491 e. The first-order chi connectivity index (χ1) is 13.6. The Kier molecular flexibility index (Phi) is 7.54. The van der Waals surface area contributed by atoms with Gasteiger partial charge in [-0.3, -0.25) is 10.1 Å². The Morgan fingerprint density at radius 2 is 2.03 bits per heavy atom. The maximum atomic E-state index is 14.1. The molecule has 0 atom stereocenters. The molecule has 6 nitrogen and oxygen atoms in total. The van der Waals surface area contributed by atoms with E-state index in [0.717, 1.165) is 25.3 Å². The highest BCUT2D eigenvalue weighted by Gasteiger charge is 2.41. The van der Waals surface area contributed by atoms with Crippen molar-refractivity contribution in [3.05, 3.63) is 41.4 Å². The number of nitrogens with one attached hydrogen (secondary N) is 2. The molecule has 1 amide bonds. The number of anilines is 1. The third kappa shape index (κ3) is 6.41. The Bertz CT molecular complexity index is 884. The molecular weight excluding hydrogens is 414 g/mol. The monoisotopic (exact) mass is 433 g/mol. The van der Waals surface area contributed by atoms with E-state index in [1.54, 1.807) is 0 Å². The highest BCUT2D eigenvalue weighted by atomic mass is 32.1. The third-order valence-electron chi connectivity index (χ3n) is 3.63. The number of benzene rings is 1. The first-order valence-corrected chi connectivity index (χ1v) is 9.12. The van der Waals surface area contributed by atoms with Gasteiger partial charge >= 0.3 is 6.18 Å². The second kappa shape index (κ2) is 9.68. The number of carbonyl (C=O) groups excluding carboxylic acids is 1. The number of hydrogen-bond donors (Lipinski definition) is 2. The summed E-state index contributed by atoms with van der Waals surface area (Å²) in [4.78, 5) is 15.5. The minimum atomic E-state index is -4.89. The van der Waals surface area contributed by atoms with Crippen molar-refractivity contribution in [1.82, 2.24) is 10.3 Å². The van der Waals surface area contributed by atoms with Gasteiger partial charge in [-0.1, -0.05) is 19.8 Å². The molecule has 2 rings (SSSR count). The molecule has 11 heteroatoms. The molecule has 0 radical (unpaired) electrons. The Hall–Kier alpha value is -2.69. The fourth-order valence-electron chi connectivity index (χ4n) is 2.33. The lowest BCUT2D eigenvalue weighted by molar-refractivity contribution is -0.153. The largest absolute Gasteiger partial charge is 0.491 e. The summed E-state index contributed by atoms with van der Waals surface area (Å²) in [7, 11) is 0. The second-order valence-corrected chi connectivity index (χ2v) is 6.43. The van der Waals surface area contributed by atoms with Gasteiger partial charge in [0.05, 0.1) is 6.61 Å². The summed E-state index contributed by atoms with van der Waals surface area (Å²) in [6.07, 6.45) is -2.11. The van der Waals surface area contributed by atoms with Gasteiger partial charge in [0.1, 0.15) is 0 Å². The number of alkyl halides is 3. The van der Waals surface area contributed by atoms with Crippen LogP contribution in [0.1, 0.15) is 48.3 Å². The number of unbranched alkanes of at least 4 members (excludes halogenated alkanes) is 2. The number of ether oxygens (including phenoxy) is 1. The quantitative estimate of drug-likeness (QED) is 0.370. The Balaban J connectivity index is 1.99. The van der Waals surface area contributed by atoms with E-state index in [-0.39, 0.29) is 22.4 Å². The van der Waals surface area contributed by atoms with E-state index >= 15 is 0 Å². The van der Waals surface area contributed by atoms with Crippen LogP contribution in [0.4, 0.5) is 23.2 Å². The Morgan fingerprint density at radius 1 is 1.31 bits per heavy atom. The lowest BCUT2D eigenvalue weighted by Gasteiger charge is -2.11. The van der Waals surface area contributed by atoms with Crippen LogP contribution in [0.5, 0.6) is 5.75 Å². The number of nitrogens with zero attached hydrogens (tertiary/aromatic N) is 1. The van der Waals surface area contributed by atoms with Crippen LogP contribution in [0.3, 0.4) is 0 Å². The number of thiocarbonyl (C=S) groups is 1. The van der Waals surface area contributed by atoms with Crippen LogP contribution in [-0.2, 0) is 6.18 Å². The van der Waals surface area contributed by atoms with Crippen molar-refractivity contribution in [3.8, 4) is 5.75 Å². The highest BCUT2D eigenvalue weighted by Crippen LogP contribution is 2.32. The van der Waals surface area contributed by atoms with Crippen molar-refractivity contribution in [1.29, 1.82) is 0 Å². The van der Waals surface area contributed by atoms with E-state index in [9.17, 15) is 22.4 Å². The maximum absolute atomic E-state index is 14.1. The Morgan fingerprint density at radius 3 is 2.66 bits per heavy atom. The van der Waals surface area contributed by atoms with Crippen molar-refractivity contribution in [2.45, 2.75) is 39.3 Å². The van der Waals surface area contributed by atoms with Crippen molar-refractivity contribution < 1.29 is 31.5 Å². The van der Waals surface area contributed by atoms with Crippen LogP contribution in [0.15, 0.2) is 22.6 Å². The topological polar surface area (TPSA) is 76.4 Å². The van der Waals surface area contributed by atoms with E-state index in [1.807, 2.05) is 6.92 Å². The number of oxazole rings is 1. The van der Waals surface area contributed by atoms with Crippen LogP contribution in [0.2, 0.25) is 0 Å². The van der Waals surface area contributed by atoms with Gasteiger partial charge in [-0.25, -0.2) is 9.37 Å². The van der Waals surface area contributed by atoms with Gasteiger partial charge in [0.2, 0.25) is 5.76 Å². The zero-order valence-corrected chi connectivity index (χ0v) is 16.5. The molecule has 0 fully saturated rings. The molecule has 0 saturated carbocycles. The fraction of sp³-hybridized carbons (Fsp3) is 0.389. The lowest BCUT2D eigenvalue weighted by Crippen LogP contribution is -2.35. The molecule has 0 spiro atoms. The molecule has 0 unspecified atom stereocenters. The number of rotatable bonds is 7. The highest BCUT2D eigenvalue weighted by molar-refractivity contribution is 7.80. The summed E-state index contributed by atoms with van der Waals surface area (Å²) in [6, 6.07) is 3.93. The van der Waals surface area contributed by atoms with Crippen LogP contribution in [0.25, 0.3) is 0 Å². The molecule has 2 N–H and O–H groups in total. The van der Waals surface area contributed by atoms with E-state index in [2.05, 4.69) is 20.0 Å². The van der Waals surface area contributed by atoms with Crippen LogP contribution in [-0.4, -0.2) is 22.6 Å². The zero-order valence-electron chi connectivity index (χ0n) is 15.7. The van der Waals surface area contributed by atoms with E-state index in [1.165, 1.54) is 19.1 Å². The molecule has 158 valence electrons. The molecule has 0 bridgehead atoms. The number of halogens is 4. The number of amides is 1. The number of aryl methyl sites for hydroxylation is 1. The van der Waals surface area contributed by atoms with E-state index < -0.39 is 29.4 Å². The van der Waals surface area contributed by atoms with Gasteiger partial charge in [-0.15, -0.1) is 0 Å². The van der Waals surface area contributed by atoms with Gasteiger partial charge in [0.15, 0.2) is 28.3 Å². The average molecular weight is 433 g/mol. The lowest BCUT2D eigenvalue weighted by atomic mass is 10.2. The number of hydrogen-bond acceptors (Lipinski definition) is 5. The summed E-state index contributed by atoms with van der Waals surface area (Å²) < 4.78 is 62.6. The molecule has 29 heavy (non-hydrogen) atoms. The molecule has 0 aliphatic carbocycles. The summed E-state index contributed by atoms with van der Waals surface area (Å²) >= 11 is 4.89. The second-order valence-electron chi connectivity index (χ2n) is 6.02. The first kappa shape index (κ1) is 22.6. The smallest absolute Gasteiger partial charge is 0.452 e. The summed E-state index contributed by atoms with van der Waals surface area (Å²) in [5.74, 6) is -3.63. The van der Waals surface area contributed by atoms with Gasteiger partial charge in [0.25, 0.3) is 5.91 Å².